The van der Waals surface area contributed by atoms with Crippen molar-refractivity contribution < 1.29 is 13.9 Å². The molecule has 1 aliphatic rings. The summed E-state index contributed by atoms with van der Waals surface area (Å²) < 4.78 is 9.98. The number of ether oxygens (including phenoxy) is 1. The zero-order valence-electron chi connectivity index (χ0n) is 10.6. The van der Waals surface area contributed by atoms with Crippen LogP contribution in [0.2, 0.25) is 0 Å². The third-order valence-electron chi connectivity index (χ3n) is 3.28. The van der Waals surface area contributed by atoms with Crippen LogP contribution in [0.1, 0.15) is 44.3 Å². The van der Waals surface area contributed by atoms with E-state index in [1.807, 2.05) is 0 Å². The molecule has 0 unspecified atom stereocenters. The van der Waals surface area contributed by atoms with Gasteiger partial charge in [-0.1, -0.05) is 19.3 Å². The molecule has 18 heavy (non-hydrogen) atoms. The van der Waals surface area contributed by atoms with Gasteiger partial charge in [0.1, 0.15) is 11.5 Å². The topological polar surface area (TPSA) is 56.5 Å². The summed E-state index contributed by atoms with van der Waals surface area (Å²) in [4.78, 5) is 22.9. The Balaban J connectivity index is 1.91. The number of hydrogen-bond acceptors (Lipinski definition) is 4. The van der Waals surface area contributed by atoms with E-state index in [1.165, 1.54) is 25.3 Å². The molecular weight excluding hydrogens is 232 g/mol. The van der Waals surface area contributed by atoms with Crippen molar-refractivity contribution in [2.45, 2.75) is 45.4 Å². The largest absolute Gasteiger partial charge is 0.428 e. The Morgan fingerprint density at radius 1 is 1.33 bits per heavy atom. The first kappa shape index (κ1) is 12.9. The molecule has 1 aliphatic carbocycles. The molecule has 0 atom stereocenters. The van der Waals surface area contributed by atoms with E-state index in [1.54, 1.807) is 13.0 Å². The lowest BCUT2D eigenvalue weighted by Gasteiger charge is -2.20. The maximum atomic E-state index is 11.7. The highest BCUT2D eigenvalue weighted by atomic mass is 16.5. The molecular formula is C14H18O4. The van der Waals surface area contributed by atoms with Crippen molar-refractivity contribution in [1.82, 2.24) is 0 Å². The van der Waals surface area contributed by atoms with E-state index in [9.17, 15) is 9.59 Å². The molecule has 1 fully saturated rings. The molecule has 0 N–H and O–H groups in total. The number of hydrogen-bond donors (Lipinski definition) is 0. The molecule has 0 bridgehead atoms. The highest BCUT2D eigenvalue weighted by Gasteiger charge is 2.18. The smallest absolute Gasteiger partial charge is 0.339 e. The average molecular weight is 250 g/mol. The lowest BCUT2D eigenvalue weighted by molar-refractivity contribution is -0.135. The summed E-state index contributed by atoms with van der Waals surface area (Å²) in [7, 11) is 0. The quantitative estimate of drug-likeness (QED) is 0.774. The van der Waals surface area contributed by atoms with Crippen LogP contribution in [0.25, 0.3) is 0 Å². The lowest BCUT2D eigenvalue weighted by atomic mass is 9.87. The van der Waals surface area contributed by atoms with Gasteiger partial charge in [-0.3, -0.25) is 4.79 Å². The van der Waals surface area contributed by atoms with Gasteiger partial charge in [-0.25, -0.2) is 4.79 Å². The van der Waals surface area contributed by atoms with E-state index in [0.717, 1.165) is 12.8 Å². The zero-order valence-corrected chi connectivity index (χ0v) is 10.6. The second-order valence-electron chi connectivity index (χ2n) is 4.91. The first-order valence-electron chi connectivity index (χ1n) is 6.46. The van der Waals surface area contributed by atoms with Crippen molar-refractivity contribution >= 4 is 5.97 Å². The van der Waals surface area contributed by atoms with Crippen LogP contribution in [-0.2, 0) is 4.79 Å². The second-order valence-corrected chi connectivity index (χ2v) is 4.91. The summed E-state index contributed by atoms with van der Waals surface area (Å²) >= 11 is 0. The fourth-order valence-corrected chi connectivity index (χ4v) is 2.43. The Morgan fingerprint density at radius 3 is 2.72 bits per heavy atom. The van der Waals surface area contributed by atoms with Crippen LogP contribution in [-0.4, -0.2) is 5.97 Å². The Bertz CT molecular complexity index is 469. The minimum absolute atomic E-state index is 0.257. The molecule has 0 aliphatic heterocycles. The summed E-state index contributed by atoms with van der Waals surface area (Å²) in [5.41, 5.74) is -0.490. The summed E-state index contributed by atoms with van der Waals surface area (Å²) in [5.74, 6) is 0.909. The number of esters is 1. The van der Waals surface area contributed by atoms with Crippen LogP contribution >= 0.6 is 0 Å². The van der Waals surface area contributed by atoms with Crippen LogP contribution in [0.4, 0.5) is 0 Å². The normalized spacial score (nSPS) is 16.5. The number of carbonyl (C=O) groups excluding carboxylic acids is 1. The second kappa shape index (κ2) is 5.85. The van der Waals surface area contributed by atoms with Gasteiger partial charge in [0, 0.05) is 12.5 Å². The Labute approximate surface area is 106 Å². The van der Waals surface area contributed by atoms with Gasteiger partial charge in [0.05, 0.1) is 6.07 Å². The zero-order chi connectivity index (χ0) is 13.0. The fraction of sp³-hybridized carbons (Fsp3) is 0.571. The van der Waals surface area contributed by atoms with Crippen molar-refractivity contribution in [1.29, 1.82) is 0 Å². The molecule has 0 saturated heterocycles. The average Bonchev–Trinajstić information content (AvgIpc) is 2.28. The Kier molecular flexibility index (Phi) is 4.18. The molecule has 2 rings (SSSR count). The molecule has 0 aromatic carbocycles. The molecule has 0 radical (unpaired) electrons. The van der Waals surface area contributed by atoms with E-state index in [4.69, 9.17) is 9.15 Å². The molecule has 0 amide bonds. The predicted molar refractivity (Wildman–Crippen MR) is 66.5 cm³/mol. The van der Waals surface area contributed by atoms with Gasteiger partial charge in [-0.2, -0.15) is 0 Å². The number of aryl methyl sites for hydroxylation is 1. The van der Waals surface area contributed by atoms with E-state index in [-0.39, 0.29) is 11.7 Å². The fourth-order valence-electron chi connectivity index (χ4n) is 2.43. The van der Waals surface area contributed by atoms with Crippen molar-refractivity contribution in [3.63, 3.8) is 0 Å². The van der Waals surface area contributed by atoms with Crippen molar-refractivity contribution in [2.24, 2.45) is 5.92 Å². The van der Waals surface area contributed by atoms with Gasteiger partial charge in [0.25, 0.3) is 0 Å². The van der Waals surface area contributed by atoms with Crippen LogP contribution in [0.3, 0.4) is 0 Å². The standard InChI is InChI=1S/C14H18O4/c1-10-7-12(9-14(16)17-10)18-13(15)8-11-5-3-2-4-6-11/h7,9,11H,2-6,8H2,1H3. The van der Waals surface area contributed by atoms with E-state index >= 15 is 0 Å². The molecule has 1 aromatic rings. The van der Waals surface area contributed by atoms with E-state index in [0.29, 0.717) is 18.1 Å². The molecule has 4 heteroatoms. The predicted octanol–water partition coefficient (Wildman–Crippen LogP) is 2.82. The van der Waals surface area contributed by atoms with Gasteiger partial charge in [0.15, 0.2) is 0 Å². The number of carbonyl (C=O) groups is 1. The minimum Gasteiger partial charge on any atom is -0.428 e. The van der Waals surface area contributed by atoms with Gasteiger partial charge >= 0.3 is 11.6 Å². The molecule has 1 aromatic heterocycles. The molecule has 1 saturated carbocycles. The van der Waals surface area contributed by atoms with Gasteiger partial charge in [-0.15, -0.1) is 0 Å². The number of rotatable bonds is 3. The third kappa shape index (κ3) is 3.72. The van der Waals surface area contributed by atoms with E-state index < -0.39 is 5.63 Å². The first-order valence-corrected chi connectivity index (χ1v) is 6.46. The summed E-state index contributed by atoms with van der Waals surface area (Å²) in [6.07, 6.45) is 6.32. The van der Waals surface area contributed by atoms with Crippen molar-refractivity contribution in [3.8, 4) is 5.75 Å². The first-order chi connectivity index (χ1) is 8.63. The molecule has 1 heterocycles. The summed E-state index contributed by atoms with van der Waals surface area (Å²) in [6, 6.07) is 2.76. The highest BCUT2D eigenvalue weighted by Crippen LogP contribution is 2.26. The van der Waals surface area contributed by atoms with Gasteiger partial charge in [-0.05, 0) is 25.7 Å². The van der Waals surface area contributed by atoms with Gasteiger partial charge in [0.2, 0.25) is 0 Å². The minimum atomic E-state index is -0.490. The molecule has 98 valence electrons. The molecule has 0 spiro atoms. The Hall–Kier alpha value is -1.58. The monoisotopic (exact) mass is 250 g/mol. The Morgan fingerprint density at radius 2 is 2.06 bits per heavy atom. The summed E-state index contributed by atoms with van der Waals surface area (Å²) in [6.45, 7) is 1.65. The van der Waals surface area contributed by atoms with Crippen LogP contribution in [0.15, 0.2) is 21.3 Å². The maximum absolute atomic E-state index is 11.7. The van der Waals surface area contributed by atoms with E-state index in [2.05, 4.69) is 0 Å². The summed E-state index contributed by atoms with van der Waals surface area (Å²) in [5, 5.41) is 0. The van der Waals surface area contributed by atoms with Crippen LogP contribution < -0.4 is 10.4 Å². The lowest BCUT2D eigenvalue weighted by Crippen LogP contribution is -2.17. The third-order valence-corrected chi connectivity index (χ3v) is 3.28. The SMILES string of the molecule is Cc1cc(OC(=O)CC2CCCCC2)cc(=O)o1. The maximum Gasteiger partial charge on any atom is 0.339 e. The molecule has 4 nitrogen and oxygen atoms in total. The van der Waals surface area contributed by atoms with Crippen molar-refractivity contribution in [3.05, 3.63) is 28.3 Å². The van der Waals surface area contributed by atoms with Crippen LogP contribution in [0.5, 0.6) is 5.75 Å². The highest BCUT2D eigenvalue weighted by molar-refractivity contribution is 5.72. The van der Waals surface area contributed by atoms with Crippen molar-refractivity contribution in [2.75, 3.05) is 0 Å². The van der Waals surface area contributed by atoms with Gasteiger partial charge < -0.3 is 9.15 Å². The van der Waals surface area contributed by atoms with Crippen LogP contribution in [0, 0.1) is 12.8 Å².